The molecule has 2 rings (SSSR count). The largest absolute Gasteiger partial charge is 0.489 e. The number of halogens is 2. The summed E-state index contributed by atoms with van der Waals surface area (Å²) < 4.78 is 28.8. The molecule has 2 aromatic rings. The Kier molecular flexibility index (Phi) is 10.0. The van der Waals surface area contributed by atoms with Crippen molar-refractivity contribution in [3.63, 3.8) is 0 Å². The van der Waals surface area contributed by atoms with Crippen molar-refractivity contribution in [1.29, 1.82) is 0 Å². The lowest BCUT2D eigenvalue weighted by Crippen LogP contribution is -2.41. The Morgan fingerprint density at radius 1 is 1.11 bits per heavy atom. The molecule has 1 unspecified atom stereocenters. The fraction of sp³-hybridized carbons (Fsp3) is 0.316. The minimum absolute atomic E-state index is 0. The zero-order chi connectivity index (χ0) is 19.9. The van der Waals surface area contributed by atoms with Gasteiger partial charge in [-0.2, -0.15) is 0 Å². The van der Waals surface area contributed by atoms with E-state index in [1.165, 1.54) is 6.26 Å². The number of nitrogens with zero attached hydrogens (tertiary/aromatic N) is 1. The Hall–Kier alpha value is -1.52. The molecule has 0 heterocycles. The third kappa shape index (κ3) is 8.24. The molecule has 0 saturated carbocycles. The molecule has 1 atom stereocenters. The molecule has 154 valence electrons. The Morgan fingerprint density at radius 2 is 1.71 bits per heavy atom. The molecule has 2 N–H and O–H groups in total. The minimum atomic E-state index is -3.18. The van der Waals surface area contributed by atoms with Crippen LogP contribution in [0.1, 0.15) is 12.5 Å². The molecule has 0 bridgehead atoms. The summed E-state index contributed by atoms with van der Waals surface area (Å²) in [5.41, 5.74) is 0.954. The van der Waals surface area contributed by atoms with E-state index in [1.807, 2.05) is 19.1 Å². The maximum atomic E-state index is 11.5. The molecule has 0 fully saturated rings. The summed E-state index contributed by atoms with van der Waals surface area (Å²) in [6.45, 7) is 3.05. The van der Waals surface area contributed by atoms with Crippen LogP contribution in [0.2, 0.25) is 5.02 Å². The Balaban J connectivity index is 0.00000392. The van der Waals surface area contributed by atoms with Gasteiger partial charge in [-0.25, -0.2) is 8.42 Å². The summed E-state index contributed by atoms with van der Waals surface area (Å²) >= 11 is 5.86. The summed E-state index contributed by atoms with van der Waals surface area (Å²) in [6, 6.07) is 14.0. The average molecular weight is 538 g/mol. The molecule has 0 saturated heterocycles. The van der Waals surface area contributed by atoms with E-state index in [0.717, 1.165) is 11.3 Å². The maximum absolute atomic E-state index is 11.5. The first-order valence-corrected chi connectivity index (χ1v) is 10.7. The average Bonchev–Trinajstić information content (AvgIpc) is 2.63. The molecular formula is C19H25ClIN3O3S. The van der Waals surface area contributed by atoms with Gasteiger partial charge in [-0.05, 0) is 48.9 Å². The fourth-order valence-electron chi connectivity index (χ4n) is 2.29. The van der Waals surface area contributed by atoms with E-state index < -0.39 is 9.84 Å². The van der Waals surface area contributed by atoms with Gasteiger partial charge in [-0.3, -0.25) is 4.99 Å². The van der Waals surface area contributed by atoms with Gasteiger partial charge in [-0.1, -0.05) is 23.7 Å². The van der Waals surface area contributed by atoms with Crippen molar-refractivity contribution in [3.8, 4) is 5.75 Å². The van der Waals surface area contributed by atoms with Gasteiger partial charge < -0.3 is 15.4 Å². The number of ether oxygens (including phenoxy) is 1. The molecule has 2 aromatic carbocycles. The van der Waals surface area contributed by atoms with Crippen molar-refractivity contribution in [1.82, 2.24) is 10.6 Å². The molecule has 6 nitrogen and oxygen atoms in total. The molecule has 0 aliphatic carbocycles. The van der Waals surface area contributed by atoms with E-state index in [0.29, 0.717) is 29.0 Å². The number of hydrogen-bond acceptors (Lipinski definition) is 4. The van der Waals surface area contributed by atoms with Gasteiger partial charge in [0.25, 0.3) is 0 Å². The molecule has 0 aliphatic rings. The number of guanidine groups is 1. The first kappa shape index (κ1) is 24.5. The van der Waals surface area contributed by atoms with Crippen molar-refractivity contribution < 1.29 is 13.2 Å². The standard InChI is InChI=1S/C19H24ClN3O3S.HI/c1-14(26-17-8-6-16(20)7-9-17)12-22-19(21-2)23-13-15-4-10-18(11-5-15)27(3,24)25;/h4-11,14H,12-13H2,1-3H3,(H2,21,22,23);1H. The summed E-state index contributed by atoms with van der Waals surface area (Å²) in [4.78, 5) is 4.48. The fourth-order valence-corrected chi connectivity index (χ4v) is 3.04. The summed E-state index contributed by atoms with van der Waals surface area (Å²) in [6.07, 6.45) is 1.12. The van der Waals surface area contributed by atoms with Crippen LogP contribution in [-0.2, 0) is 16.4 Å². The minimum Gasteiger partial charge on any atom is -0.489 e. The van der Waals surface area contributed by atoms with E-state index in [4.69, 9.17) is 16.3 Å². The summed E-state index contributed by atoms with van der Waals surface area (Å²) in [7, 11) is -1.49. The highest BCUT2D eigenvalue weighted by Gasteiger charge is 2.08. The first-order valence-electron chi connectivity index (χ1n) is 8.43. The van der Waals surface area contributed by atoms with Gasteiger partial charge in [0, 0.05) is 24.9 Å². The molecule has 0 spiro atoms. The third-order valence-electron chi connectivity index (χ3n) is 3.74. The Bertz CT molecular complexity index is 872. The molecule has 0 aromatic heterocycles. The molecule has 0 amide bonds. The highest BCUT2D eigenvalue weighted by Crippen LogP contribution is 2.16. The van der Waals surface area contributed by atoms with Crippen molar-refractivity contribution in [2.75, 3.05) is 19.8 Å². The van der Waals surface area contributed by atoms with Gasteiger partial charge in [0.2, 0.25) is 0 Å². The van der Waals surface area contributed by atoms with E-state index in [2.05, 4.69) is 15.6 Å². The van der Waals surface area contributed by atoms with Crippen LogP contribution in [0.3, 0.4) is 0 Å². The highest BCUT2D eigenvalue weighted by atomic mass is 127. The number of sulfone groups is 1. The third-order valence-corrected chi connectivity index (χ3v) is 5.12. The number of nitrogens with one attached hydrogen (secondary N) is 2. The van der Waals surface area contributed by atoms with Crippen LogP contribution in [0.5, 0.6) is 5.75 Å². The molecule has 0 aliphatic heterocycles. The van der Waals surface area contributed by atoms with E-state index in [9.17, 15) is 8.42 Å². The number of aliphatic imine (C=N–C) groups is 1. The summed E-state index contributed by atoms with van der Waals surface area (Å²) in [5, 5.41) is 7.05. The predicted octanol–water partition coefficient (Wildman–Crippen LogP) is 3.49. The van der Waals surface area contributed by atoms with Crippen molar-refractivity contribution in [2.24, 2.45) is 4.99 Å². The maximum Gasteiger partial charge on any atom is 0.191 e. The van der Waals surface area contributed by atoms with E-state index in [1.54, 1.807) is 43.4 Å². The molecule has 9 heteroatoms. The van der Waals surface area contributed by atoms with Gasteiger partial charge in [-0.15, -0.1) is 24.0 Å². The van der Waals surface area contributed by atoms with Gasteiger partial charge >= 0.3 is 0 Å². The smallest absolute Gasteiger partial charge is 0.191 e. The molecule has 28 heavy (non-hydrogen) atoms. The topological polar surface area (TPSA) is 79.8 Å². The highest BCUT2D eigenvalue weighted by molar-refractivity contribution is 14.0. The second kappa shape index (κ2) is 11.5. The van der Waals surface area contributed by atoms with Crippen molar-refractivity contribution >= 4 is 51.4 Å². The molecule has 0 radical (unpaired) electrons. The van der Waals surface area contributed by atoms with Crippen LogP contribution in [0.4, 0.5) is 0 Å². The van der Waals surface area contributed by atoms with Crippen LogP contribution in [0.25, 0.3) is 0 Å². The van der Waals surface area contributed by atoms with Crippen LogP contribution in [0, 0.1) is 0 Å². The second-order valence-corrected chi connectivity index (χ2v) is 8.56. The van der Waals surface area contributed by atoms with Crippen molar-refractivity contribution in [2.45, 2.75) is 24.5 Å². The van der Waals surface area contributed by atoms with Crippen LogP contribution in [0.15, 0.2) is 58.4 Å². The number of benzene rings is 2. The summed E-state index contributed by atoms with van der Waals surface area (Å²) in [5.74, 6) is 1.39. The zero-order valence-electron chi connectivity index (χ0n) is 16.0. The Morgan fingerprint density at radius 3 is 2.25 bits per heavy atom. The quantitative estimate of drug-likeness (QED) is 0.321. The lowest BCUT2D eigenvalue weighted by molar-refractivity contribution is 0.224. The predicted molar refractivity (Wildman–Crippen MR) is 125 cm³/mol. The number of rotatable bonds is 7. The van der Waals surface area contributed by atoms with E-state index >= 15 is 0 Å². The second-order valence-electron chi connectivity index (χ2n) is 6.11. The lowest BCUT2D eigenvalue weighted by atomic mass is 10.2. The normalized spacial score (nSPS) is 12.6. The van der Waals surface area contributed by atoms with E-state index in [-0.39, 0.29) is 30.1 Å². The van der Waals surface area contributed by atoms with Gasteiger partial charge in [0.15, 0.2) is 15.8 Å². The van der Waals surface area contributed by atoms with Crippen LogP contribution in [-0.4, -0.2) is 40.3 Å². The lowest BCUT2D eigenvalue weighted by Gasteiger charge is -2.18. The SMILES string of the molecule is CN=C(NCc1ccc(S(C)(=O)=O)cc1)NCC(C)Oc1ccc(Cl)cc1.I. The van der Waals surface area contributed by atoms with Gasteiger partial charge in [0.05, 0.1) is 11.4 Å². The Labute approximate surface area is 188 Å². The van der Waals surface area contributed by atoms with Gasteiger partial charge in [0.1, 0.15) is 11.9 Å². The van der Waals surface area contributed by atoms with Crippen molar-refractivity contribution in [3.05, 3.63) is 59.1 Å². The zero-order valence-corrected chi connectivity index (χ0v) is 19.9. The van der Waals surface area contributed by atoms with Crippen LogP contribution < -0.4 is 15.4 Å². The monoisotopic (exact) mass is 537 g/mol. The first-order chi connectivity index (χ1) is 12.8. The van der Waals surface area contributed by atoms with Crippen LogP contribution >= 0.6 is 35.6 Å². The number of hydrogen-bond donors (Lipinski definition) is 2. The molecular weight excluding hydrogens is 513 g/mol.